The molecule has 0 aliphatic heterocycles. The lowest BCUT2D eigenvalue weighted by Gasteiger charge is -2.24. The van der Waals surface area contributed by atoms with Gasteiger partial charge in [0, 0.05) is 19.2 Å². The predicted octanol–water partition coefficient (Wildman–Crippen LogP) is 1.42. The highest BCUT2D eigenvalue weighted by atomic mass is 19.4. The van der Waals surface area contributed by atoms with Crippen molar-refractivity contribution in [1.29, 1.82) is 0 Å². The maximum absolute atomic E-state index is 12.4. The van der Waals surface area contributed by atoms with E-state index in [9.17, 15) is 13.2 Å². The Morgan fingerprint density at radius 1 is 1.41 bits per heavy atom. The van der Waals surface area contributed by atoms with Crippen LogP contribution in [0, 0.1) is 0 Å². The molecule has 0 spiro atoms. The molecule has 0 saturated heterocycles. The zero-order chi connectivity index (χ0) is 12.9. The first-order valence-electron chi connectivity index (χ1n) is 4.99. The summed E-state index contributed by atoms with van der Waals surface area (Å²) in [6, 6.07) is 4.64. The summed E-state index contributed by atoms with van der Waals surface area (Å²) >= 11 is 0. The van der Waals surface area contributed by atoms with Gasteiger partial charge in [-0.3, -0.25) is 0 Å². The highest BCUT2D eigenvalue weighted by molar-refractivity contribution is 5.40. The molecule has 1 rings (SSSR count). The molecule has 2 N–H and O–H groups in total. The number of hydrogen-bond acceptors (Lipinski definition) is 4. The quantitative estimate of drug-likeness (QED) is 0.857. The number of nitrogens with two attached hydrogens (primary N) is 1. The Hall–Kier alpha value is -1.50. The maximum atomic E-state index is 12.4. The minimum Gasteiger partial charge on any atom is -0.481 e. The highest BCUT2D eigenvalue weighted by Gasteiger charge is 2.31. The summed E-state index contributed by atoms with van der Waals surface area (Å²) < 4.78 is 41.9. The third kappa shape index (κ3) is 4.48. The van der Waals surface area contributed by atoms with Crippen molar-refractivity contribution in [2.24, 2.45) is 5.73 Å². The van der Waals surface area contributed by atoms with Crippen molar-refractivity contribution in [2.45, 2.75) is 6.18 Å². The lowest BCUT2D eigenvalue weighted by Crippen LogP contribution is -2.38. The predicted molar refractivity (Wildman–Crippen MR) is 58.1 cm³/mol. The summed E-state index contributed by atoms with van der Waals surface area (Å²) in [4.78, 5) is 5.01. The highest BCUT2D eigenvalue weighted by Crippen LogP contribution is 2.21. The molecule has 0 atom stereocenters. The fourth-order valence-electron chi connectivity index (χ4n) is 1.34. The van der Waals surface area contributed by atoms with Crippen molar-refractivity contribution >= 4 is 5.82 Å². The van der Waals surface area contributed by atoms with Crippen LogP contribution in [0.4, 0.5) is 19.0 Å². The van der Waals surface area contributed by atoms with E-state index in [1.54, 1.807) is 12.1 Å². The minimum absolute atomic E-state index is 0.0830. The second-order valence-electron chi connectivity index (χ2n) is 3.36. The van der Waals surface area contributed by atoms with Gasteiger partial charge in [0.25, 0.3) is 0 Å². The fraction of sp³-hybridized carbons (Fsp3) is 0.500. The molecule has 0 fully saturated rings. The van der Waals surface area contributed by atoms with Crippen molar-refractivity contribution in [3.8, 4) is 5.88 Å². The largest absolute Gasteiger partial charge is 0.481 e. The zero-order valence-corrected chi connectivity index (χ0v) is 9.37. The third-order valence-electron chi connectivity index (χ3n) is 2.01. The number of alkyl halides is 3. The SMILES string of the molecule is COc1cccc(N(CCN)CC(F)(F)F)n1. The first-order chi connectivity index (χ1) is 7.96. The van der Waals surface area contributed by atoms with Crippen LogP contribution in [0.1, 0.15) is 0 Å². The van der Waals surface area contributed by atoms with E-state index in [2.05, 4.69) is 4.98 Å². The van der Waals surface area contributed by atoms with Crippen molar-refractivity contribution in [2.75, 3.05) is 31.6 Å². The summed E-state index contributed by atoms with van der Waals surface area (Å²) in [7, 11) is 1.41. The van der Waals surface area contributed by atoms with Gasteiger partial charge in [-0.15, -0.1) is 0 Å². The number of anilines is 1. The lowest BCUT2D eigenvalue weighted by atomic mass is 10.4. The van der Waals surface area contributed by atoms with Crippen LogP contribution in [-0.4, -0.2) is 37.9 Å². The van der Waals surface area contributed by atoms with Crippen LogP contribution < -0.4 is 15.4 Å². The number of pyridine rings is 1. The van der Waals surface area contributed by atoms with Crippen LogP contribution in [0.5, 0.6) is 5.88 Å². The molecule has 0 bridgehead atoms. The molecular weight excluding hydrogens is 235 g/mol. The van der Waals surface area contributed by atoms with Gasteiger partial charge < -0.3 is 15.4 Å². The second kappa shape index (κ2) is 5.72. The van der Waals surface area contributed by atoms with E-state index in [0.29, 0.717) is 0 Å². The Morgan fingerprint density at radius 3 is 2.65 bits per heavy atom. The second-order valence-corrected chi connectivity index (χ2v) is 3.36. The van der Waals surface area contributed by atoms with E-state index >= 15 is 0 Å². The lowest BCUT2D eigenvalue weighted by molar-refractivity contribution is -0.119. The fourth-order valence-corrected chi connectivity index (χ4v) is 1.34. The maximum Gasteiger partial charge on any atom is 0.405 e. The third-order valence-corrected chi connectivity index (χ3v) is 2.01. The first-order valence-corrected chi connectivity index (χ1v) is 4.99. The van der Waals surface area contributed by atoms with E-state index in [-0.39, 0.29) is 24.8 Å². The van der Waals surface area contributed by atoms with Crippen molar-refractivity contribution in [1.82, 2.24) is 4.98 Å². The van der Waals surface area contributed by atoms with Gasteiger partial charge in [0.05, 0.1) is 7.11 Å². The minimum atomic E-state index is -4.29. The van der Waals surface area contributed by atoms with Crippen LogP contribution in [0.15, 0.2) is 18.2 Å². The van der Waals surface area contributed by atoms with Crippen molar-refractivity contribution < 1.29 is 17.9 Å². The standard InChI is InChI=1S/C10H14F3N3O/c1-17-9-4-2-3-8(15-9)16(6-5-14)7-10(11,12)13/h2-4H,5-7,14H2,1H3. The summed E-state index contributed by atoms with van der Waals surface area (Å²) in [5, 5.41) is 0. The monoisotopic (exact) mass is 249 g/mol. The molecular formula is C10H14F3N3O. The Labute approximate surface area is 97.2 Å². The summed E-state index contributed by atoms with van der Waals surface area (Å²) in [5.74, 6) is 0.471. The smallest absolute Gasteiger partial charge is 0.405 e. The molecule has 0 aliphatic carbocycles. The number of aromatic nitrogens is 1. The molecule has 0 unspecified atom stereocenters. The summed E-state index contributed by atoms with van der Waals surface area (Å²) in [5.41, 5.74) is 5.29. The van der Waals surface area contributed by atoms with Crippen LogP contribution in [0.25, 0.3) is 0 Å². The normalized spacial score (nSPS) is 11.4. The van der Waals surface area contributed by atoms with Gasteiger partial charge in [0.1, 0.15) is 12.4 Å². The van der Waals surface area contributed by atoms with Gasteiger partial charge in [-0.2, -0.15) is 18.2 Å². The summed E-state index contributed by atoms with van der Waals surface area (Å²) in [6.45, 7) is -0.876. The van der Waals surface area contributed by atoms with Crippen LogP contribution in [0.3, 0.4) is 0 Å². The molecule has 0 aromatic carbocycles. The average molecular weight is 249 g/mol. The van der Waals surface area contributed by atoms with E-state index < -0.39 is 12.7 Å². The van der Waals surface area contributed by atoms with Crippen LogP contribution >= 0.6 is 0 Å². The van der Waals surface area contributed by atoms with Crippen LogP contribution in [0.2, 0.25) is 0 Å². The number of nitrogens with zero attached hydrogens (tertiary/aromatic N) is 2. The molecule has 0 aliphatic rings. The molecule has 1 heterocycles. The van der Waals surface area contributed by atoms with Crippen LogP contribution in [-0.2, 0) is 0 Å². The zero-order valence-electron chi connectivity index (χ0n) is 9.37. The van der Waals surface area contributed by atoms with Gasteiger partial charge in [-0.25, -0.2) is 0 Å². The number of hydrogen-bond donors (Lipinski definition) is 1. The number of ether oxygens (including phenoxy) is 1. The van der Waals surface area contributed by atoms with E-state index in [1.165, 1.54) is 13.2 Å². The molecule has 0 saturated carbocycles. The van der Waals surface area contributed by atoms with E-state index in [4.69, 9.17) is 10.5 Å². The van der Waals surface area contributed by atoms with E-state index in [1.807, 2.05) is 0 Å². The summed E-state index contributed by atoms with van der Waals surface area (Å²) in [6.07, 6.45) is -4.29. The Kier molecular flexibility index (Phi) is 4.56. The van der Waals surface area contributed by atoms with Gasteiger partial charge in [-0.05, 0) is 6.07 Å². The average Bonchev–Trinajstić information content (AvgIpc) is 2.27. The Balaban J connectivity index is 2.88. The molecule has 0 radical (unpaired) electrons. The molecule has 1 aromatic heterocycles. The van der Waals surface area contributed by atoms with E-state index in [0.717, 1.165) is 4.90 Å². The molecule has 7 heteroatoms. The van der Waals surface area contributed by atoms with Gasteiger partial charge in [0.15, 0.2) is 0 Å². The Morgan fingerprint density at radius 2 is 2.12 bits per heavy atom. The number of halogens is 3. The molecule has 0 amide bonds. The van der Waals surface area contributed by atoms with Gasteiger partial charge in [0.2, 0.25) is 5.88 Å². The van der Waals surface area contributed by atoms with Gasteiger partial charge in [-0.1, -0.05) is 6.07 Å². The molecule has 96 valence electrons. The number of rotatable bonds is 5. The molecule has 17 heavy (non-hydrogen) atoms. The van der Waals surface area contributed by atoms with Crippen molar-refractivity contribution in [3.63, 3.8) is 0 Å². The number of methoxy groups -OCH3 is 1. The Bertz CT molecular complexity index is 357. The topological polar surface area (TPSA) is 51.4 Å². The first kappa shape index (κ1) is 13.6. The van der Waals surface area contributed by atoms with Gasteiger partial charge >= 0.3 is 6.18 Å². The molecule has 4 nitrogen and oxygen atoms in total. The van der Waals surface area contributed by atoms with Crippen molar-refractivity contribution in [3.05, 3.63) is 18.2 Å². The molecule has 1 aromatic rings.